The molecule has 3 N–H and O–H groups in total. The molecule has 1 aliphatic rings. The predicted molar refractivity (Wildman–Crippen MR) is 83.4 cm³/mol. The molecule has 0 saturated heterocycles. The van der Waals surface area contributed by atoms with Crippen molar-refractivity contribution >= 4 is 18.3 Å². The third-order valence-electron chi connectivity index (χ3n) is 4.30. The molecule has 2 amide bonds. The van der Waals surface area contributed by atoms with Gasteiger partial charge in [0.1, 0.15) is 5.69 Å². The van der Waals surface area contributed by atoms with Crippen molar-refractivity contribution < 1.29 is 28.0 Å². The maximum absolute atomic E-state index is 12.6. The van der Waals surface area contributed by atoms with E-state index in [0.717, 1.165) is 38.3 Å². The second kappa shape index (κ2) is 8.79. The zero-order valence-corrected chi connectivity index (χ0v) is 13.9. The molecule has 1 fully saturated rings. The van der Waals surface area contributed by atoms with Crippen LogP contribution < -0.4 is 10.9 Å². The van der Waals surface area contributed by atoms with Gasteiger partial charge in [0.25, 0.3) is 0 Å². The first-order chi connectivity index (χ1) is 12.3. The molecule has 1 aliphatic carbocycles. The molecule has 1 unspecified atom stereocenters. The highest BCUT2D eigenvalue weighted by atomic mass is 19.4. The largest absolute Gasteiger partial charge is 0.433 e. The number of anilines is 1. The van der Waals surface area contributed by atoms with Gasteiger partial charge in [-0.2, -0.15) is 13.2 Å². The lowest BCUT2D eigenvalue weighted by Crippen LogP contribution is -2.44. The number of rotatable bonds is 7. The summed E-state index contributed by atoms with van der Waals surface area (Å²) in [6.45, 7) is -0.203. The number of amides is 2. The van der Waals surface area contributed by atoms with E-state index in [0.29, 0.717) is 11.1 Å². The van der Waals surface area contributed by atoms with Crippen LogP contribution in [0.2, 0.25) is 0 Å². The van der Waals surface area contributed by atoms with Crippen LogP contribution in [0.4, 0.5) is 19.1 Å². The van der Waals surface area contributed by atoms with Gasteiger partial charge in [-0.05, 0) is 24.8 Å². The van der Waals surface area contributed by atoms with E-state index in [9.17, 15) is 28.0 Å². The SMILES string of the molecule is O=CN(O)CC(C(=O)NNc1nccc(C(F)(F)F)n1)C1CCCCC1. The van der Waals surface area contributed by atoms with Crippen LogP contribution in [-0.2, 0) is 15.8 Å². The van der Waals surface area contributed by atoms with Gasteiger partial charge in [0.15, 0.2) is 0 Å². The molecule has 0 aromatic carbocycles. The number of hydroxylamine groups is 2. The fourth-order valence-corrected chi connectivity index (χ4v) is 3.01. The van der Waals surface area contributed by atoms with E-state index in [1.54, 1.807) is 0 Å². The topological polar surface area (TPSA) is 107 Å². The number of hydrogen-bond acceptors (Lipinski definition) is 6. The maximum atomic E-state index is 12.6. The van der Waals surface area contributed by atoms with Crippen LogP contribution in [0.1, 0.15) is 37.8 Å². The average molecular weight is 375 g/mol. The molecule has 26 heavy (non-hydrogen) atoms. The highest BCUT2D eigenvalue weighted by Gasteiger charge is 2.33. The normalized spacial score (nSPS) is 16.6. The van der Waals surface area contributed by atoms with Crippen molar-refractivity contribution in [1.29, 1.82) is 0 Å². The highest BCUT2D eigenvalue weighted by Crippen LogP contribution is 2.31. The second-order valence-electron chi connectivity index (χ2n) is 6.11. The molecule has 2 rings (SSSR count). The van der Waals surface area contributed by atoms with E-state index in [1.165, 1.54) is 0 Å². The molecule has 11 heteroatoms. The molecule has 1 aromatic rings. The van der Waals surface area contributed by atoms with Gasteiger partial charge in [-0.15, -0.1) is 0 Å². The Morgan fingerprint density at radius 2 is 2.08 bits per heavy atom. The molecular formula is C15H20F3N5O3. The Morgan fingerprint density at radius 1 is 1.38 bits per heavy atom. The zero-order chi connectivity index (χ0) is 19.2. The summed E-state index contributed by atoms with van der Waals surface area (Å²) in [7, 11) is 0. The second-order valence-corrected chi connectivity index (χ2v) is 6.11. The first-order valence-electron chi connectivity index (χ1n) is 8.18. The quantitative estimate of drug-likeness (QED) is 0.382. The van der Waals surface area contributed by atoms with E-state index < -0.39 is 29.6 Å². The van der Waals surface area contributed by atoms with Gasteiger partial charge < -0.3 is 0 Å². The summed E-state index contributed by atoms with van der Waals surface area (Å²) in [5.41, 5.74) is 3.38. The van der Waals surface area contributed by atoms with Crippen LogP contribution in [0.3, 0.4) is 0 Å². The lowest BCUT2D eigenvalue weighted by atomic mass is 9.79. The van der Waals surface area contributed by atoms with E-state index in [2.05, 4.69) is 20.8 Å². The number of aromatic nitrogens is 2. The molecule has 0 bridgehead atoms. The Hall–Kier alpha value is -2.43. The van der Waals surface area contributed by atoms with Crippen molar-refractivity contribution in [2.45, 2.75) is 38.3 Å². The number of alkyl halides is 3. The minimum Gasteiger partial charge on any atom is -0.286 e. The summed E-state index contributed by atoms with van der Waals surface area (Å²) in [6.07, 6.45) is 0.955. The lowest BCUT2D eigenvalue weighted by molar-refractivity contribution is -0.156. The Balaban J connectivity index is 2.03. The minimum absolute atomic E-state index is 0.0393. The Kier molecular flexibility index (Phi) is 6.72. The van der Waals surface area contributed by atoms with E-state index >= 15 is 0 Å². The summed E-state index contributed by atoms with van der Waals surface area (Å²) in [4.78, 5) is 30.0. The summed E-state index contributed by atoms with van der Waals surface area (Å²) in [5, 5.41) is 9.82. The summed E-state index contributed by atoms with van der Waals surface area (Å²) >= 11 is 0. The number of nitrogens with zero attached hydrogens (tertiary/aromatic N) is 3. The number of carbonyl (C=O) groups excluding carboxylic acids is 2. The van der Waals surface area contributed by atoms with Crippen LogP contribution in [0.15, 0.2) is 12.3 Å². The number of halogens is 3. The minimum atomic E-state index is -4.63. The Morgan fingerprint density at radius 3 is 2.69 bits per heavy atom. The number of hydrazine groups is 1. The number of carbonyl (C=O) groups is 2. The molecule has 1 aromatic heterocycles. The first kappa shape index (κ1) is 19.9. The zero-order valence-electron chi connectivity index (χ0n) is 13.9. The summed E-state index contributed by atoms with van der Waals surface area (Å²) in [5.74, 6) is -1.71. The standard InChI is InChI=1S/C15H20F3N5O3/c16-15(17,18)12-6-7-19-14(20-12)22-21-13(25)11(8-23(26)9-24)10-4-2-1-3-5-10/h6-7,9-11,26H,1-5,8H2,(H,21,25)(H,19,20,22). The van der Waals surface area contributed by atoms with Gasteiger partial charge in [0, 0.05) is 6.20 Å². The van der Waals surface area contributed by atoms with Crippen LogP contribution in [0.25, 0.3) is 0 Å². The van der Waals surface area contributed by atoms with Crippen molar-refractivity contribution in [3.8, 4) is 0 Å². The van der Waals surface area contributed by atoms with Crippen LogP contribution in [0.5, 0.6) is 0 Å². The van der Waals surface area contributed by atoms with Crippen molar-refractivity contribution in [1.82, 2.24) is 20.5 Å². The van der Waals surface area contributed by atoms with Gasteiger partial charge >= 0.3 is 6.18 Å². The van der Waals surface area contributed by atoms with Gasteiger partial charge in [0.05, 0.1) is 12.5 Å². The first-order valence-corrected chi connectivity index (χ1v) is 8.18. The molecule has 8 nitrogen and oxygen atoms in total. The van der Waals surface area contributed by atoms with Crippen LogP contribution >= 0.6 is 0 Å². The van der Waals surface area contributed by atoms with E-state index in [4.69, 9.17) is 0 Å². The monoisotopic (exact) mass is 375 g/mol. The highest BCUT2D eigenvalue weighted by molar-refractivity contribution is 5.80. The lowest BCUT2D eigenvalue weighted by Gasteiger charge is -2.30. The van der Waals surface area contributed by atoms with Crippen molar-refractivity contribution in [2.24, 2.45) is 11.8 Å². The van der Waals surface area contributed by atoms with E-state index in [1.807, 2.05) is 0 Å². The van der Waals surface area contributed by atoms with E-state index in [-0.39, 0.29) is 18.9 Å². The Bertz CT molecular complexity index is 623. The van der Waals surface area contributed by atoms with Crippen molar-refractivity contribution in [3.05, 3.63) is 18.0 Å². The molecule has 0 aliphatic heterocycles. The van der Waals surface area contributed by atoms with Gasteiger partial charge in [0.2, 0.25) is 18.3 Å². The molecular weight excluding hydrogens is 355 g/mol. The number of nitrogens with one attached hydrogen (secondary N) is 2. The third-order valence-corrected chi connectivity index (χ3v) is 4.30. The van der Waals surface area contributed by atoms with Gasteiger partial charge in [-0.1, -0.05) is 19.3 Å². The van der Waals surface area contributed by atoms with Gasteiger partial charge in [-0.3, -0.25) is 25.6 Å². The fourth-order valence-electron chi connectivity index (χ4n) is 3.01. The van der Waals surface area contributed by atoms with Crippen LogP contribution in [0, 0.1) is 11.8 Å². The molecule has 0 radical (unpaired) electrons. The van der Waals surface area contributed by atoms with Gasteiger partial charge in [-0.25, -0.2) is 15.0 Å². The summed E-state index contributed by atoms with van der Waals surface area (Å²) in [6, 6.07) is 0.714. The molecule has 1 atom stereocenters. The van der Waals surface area contributed by atoms with Crippen molar-refractivity contribution in [2.75, 3.05) is 12.0 Å². The maximum Gasteiger partial charge on any atom is 0.433 e. The molecule has 0 spiro atoms. The predicted octanol–water partition coefficient (Wildman–Crippen LogP) is 1.98. The van der Waals surface area contributed by atoms with Crippen molar-refractivity contribution in [3.63, 3.8) is 0 Å². The summed E-state index contributed by atoms with van der Waals surface area (Å²) < 4.78 is 37.9. The average Bonchev–Trinajstić information content (AvgIpc) is 2.64. The fraction of sp³-hybridized carbons (Fsp3) is 0.600. The third kappa shape index (κ3) is 5.55. The Labute approximate surface area is 147 Å². The van der Waals surface area contributed by atoms with Crippen LogP contribution in [-0.4, -0.2) is 39.1 Å². The molecule has 1 heterocycles. The molecule has 144 valence electrons. The smallest absolute Gasteiger partial charge is 0.286 e. The molecule has 1 saturated carbocycles. The number of hydrogen-bond donors (Lipinski definition) is 3.